The van der Waals surface area contributed by atoms with Crippen LogP contribution in [0.4, 0.5) is 0 Å². The minimum Gasteiger partial charge on any atom is -0.377 e. The van der Waals surface area contributed by atoms with Gasteiger partial charge in [-0.1, -0.05) is 52.1 Å². The summed E-state index contributed by atoms with van der Waals surface area (Å²) in [7, 11) is -2.39. The van der Waals surface area contributed by atoms with E-state index in [0.717, 1.165) is 0 Å². The molecular formula is C24H36Si2Zr. The molecule has 0 bridgehead atoms. The zero-order valence-electron chi connectivity index (χ0n) is 18.1. The first-order valence-electron chi connectivity index (χ1n) is 9.79. The molecule has 1 fully saturated rings. The van der Waals surface area contributed by atoms with E-state index in [4.69, 9.17) is 0 Å². The van der Waals surface area contributed by atoms with Crippen molar-refractivity contribution in [3.8, 4) is 0 Å². The smallest absolute Gasteiger partial charge is 0.377 e. The Morgan fingerprint density at radius 1 is 0.630 bits per heavy atom. The zero-order valence-corrected chi connectivity index (χ0v) is 22.6. The summed E-state index contributed by atoms with van der Waals surface area (Å²) in [5.41, 5.74) is 10.7. The third-order valence-electron chi connectivity index (χ3n) is 3.63. The Labute approximate surface area is 189 Å². The second kappa shape index (κ2) is 13.6. The summed E-state index contributed by atoms with van der Waals surface area (Å²) >= 11 is 0. The van der Waals surface area contributed by atoms with E-state index in [9.17, 15) is 0 Å². The van der Waals surface area contributed by atoms with Crippen LogP contribution < -0.4 is 0 Å². The Morgan fingerprint density at radius 3 is 1.11 bits per heavy atom. The molecule has 0 saturated heterocycles. The first-order chi connectivity index (χ1) is 12.2. The maximum atomic E-state index is 3.81. The number of allylic oxidation sites excluding steroid dienone is 2. The van der Waals surface area contributed by atoms with Crippen molar-refractivity contribution < 1.29 is 26.2 Å². The summed E-state index contributed by atoms with van der Waals surface area (Å²) in [4.78, 5) is 0. The molecule has 0 N–H and O–H groups in total. The van der Waals surface area contributed by atoms with Crippen molar-refractivity contribution in [2.45, 2.75) is 65.0 Å². The molecule has 0 amide bonds. The van der Waals surface area contributed by atoms with Crippen LogP contribution in [0.25, 0.3) is 0 Å². The minimum absolute atomic E-state index is 0. The van der Waals surface area contributed by atoms with E-state index in [1.54, 1.807) is 0 Å². The molecule has 3 heteroatoms. The molecule has 27 heavy (non-hydrogen) atoms. The Balaban J connectivity index is 0.000000496. The van der Waals surface area contributed by atoms with Crippen LogP contribution in [0.2, 0.25) is 39.3 Å². The Bertz CT molecular complexity index is 528. The molecule has 0 heterocycles. The third kappa shape index (κ3) is 15.1. The molecule has 144 valence electrons. The van der Waals surface area contributed by atoms with E-state index < -0.39 is 16.1 Å². The molecule has 1 saturated carbocycles. The van der Waals surface area contributed by atoms with Crippen LogP contribution in [-0.4, -0.2) is 16.1 Å². The van der Waals surface area contributed by atoms with Gasteiger partial charge in [-0.2, -0.15) is 36.4 Å². The van der Waals surface area contributed by atoms with Crippen LogP contribution in [0.3, 0.4) is 0 Å². The van der Waals surface area contributed by atoms with Crippen molar-refractivity contribution in [2.75, 3.05) is 0 Å². The Kier molecular flexibility index (Phi) is 13.4. The van der Waals surface area contributed by atoms with Crippen LogP contribution in [-0.2, 0) is 26.2 Å². The molecule has 2 aromatic rings. The van der Waals surface area contributed by atoms with E-state index in [1.807, 2.05) is 60.7 Å². The topological polar surface area (TPSA) is 0 Å². The SMILES string of the molecule is C[Si](C)(C)[C-]=C1CCCCC1=[C-][Si](C)(C)C.[Zr+4].c1cc[cH-]c1.c1cc[cH-]c1. The molecular weight excluding hydrogens is 436 g/mol. The second-order valence-corrected chi connectivity index (χ2v) is 18.3. The standard InChI is InChI=1S/C14H26Si2.2C5H5.Zr/c1-15(2,3)11-13-9-7-8-10-14(13)12-16(4,5)6;2*1-2-4-5-3-1;/h7-10H2,1-6H3;2*1-5H;/q-2;2*-1;+4. The number of rotatable bonds is 2. The van der Waals surface area contributed by atoms with Crippen LogP contribution >= 0.6 is 0 Å². The van der Waals surface area contributed by atoms with E-state index in [1.165, 1.54) is 36.8 Å². The third-order valence-corrected chi connectivity index (χ3v) is 5.73. The van der Waals surface area contributed by atoms with Gasteiger partial charge in [-0.05, 0) is 16.1 Å². The molecule has 0 nitrogen and oxygen atoms in total. The normalized spacial score (nSPS) is 17.3. The van der Waals surface area contributed by atoms with E-state index in [-0.39, 0.29) is 26.2 Å². The molecule has 0 radical (unpaired) electrons. The molecule has 0 atom stereocenters. The van der Waals surface area contributed by atoms with Crippen molar-refractivity contribution in [3.63, 3.8) is 0 Å². The quantitative estimate of drug-likeness (QED) is 0.313. The fraction of sp³-hybridized carbons (Fsp3) is 0.417. The average molecular weight is 472 g/mol. The summed E-state index contributed by atoms with van der Waals surface area (Å²) in [6.45, 7) is 14.3. The monoisotopic (exact) mass is 470 g/mol. The van der Waals surface area contributed by atoms with Gasteiger partial charge in [-0.15, -0.1) is 12.8 Å². The first-order valence-corrected chi connectivity index (χ1v) is 16.8. The predicted molar refractivity (Wildman–Crippen MR) is 123 cm³/mol. The largest absolute Gasteiger partial charge is 4.00 e. The maximum Gasteiger partial charge on any atom is 4.00 e. The van der Waals surface area contributed by atoms with Gasteiger partial charge in [-0.3, -0.25) is 0 Å². The molecule has 1 aliphatic rings. The Hall–Kier alpha value is -0.503. The summed E-state index contributed by atoms with van der Waals surface area (Å²) in [6, 6.07) is 20.0. The van der Waals surface area contributed by atoms with Gasteiger partial charge in [0.2, 0.25) is 0 Å². The fourth-order valence-corrected chi connectivity index (χ4v) is 5.09. The molecule has 3 rings (SSSR count). The summed E-state index contributed by atoms with van der Waals surface area (Å²) in [5.74, 6) is 0. The van der Waals surface area contributed by atoms with Crippen LogP contribution in [0.15, 0.2) is 71.8 Å². The minimum atomic E-state index is -1.19. The van der Waals surface area contributed by atoms with Crippen molar-refractivity contribution in [2.24, 2.45) is 0 Å². The average Bonchev–Trinajstić information content (AvgIpc) is 3.25. The predicted octanol–water partition coefficient (Wildman–Crippen LogP) is 7.58. The van der Waals surface area contributed by atoms with Crippen molar-refractivity contribution >= 4 is 16.1 Å². The van der Waals surface area contributed by atoms with Gasteiger partial charge in [-0.25, -0.2) is 24.3 Å². The molecule has 0 unspecified atom stereocenters. The summed E-state index contributed by atoms with van der Waals surface area (Å²) in [5, 5.41) is 0. The van der Waals surface area contributed by atoms with Gasteiger partial charge in [0, 0.05) is 0 Å². The van der Waals surface area contributed by atoms with E-state index >= 15 is 0 Å². The maximum absolute atomic E-state index is 3.81. The van der Waals surface area contributed by atoms with Gasteiger partial charge in [0.25, 0.3) is 0 Å². The van der Waals surface area contributed by atoms with Gasteiger partial charge in [0.1, 0.15) is 0 Å². The van der Waals surface area contributed by atoms with Crippen molar-refractivity contribution in [1.29, 1.82) is 0 Å². The van der Waals surface area contributed by atoms with Gasteiger partial charge < -0.3 is 22.5 Å². The fourth-order valence-electron chi connectivity index (χ4n) is 2.73. The van der Waals surface area contributed by atoms with Crippen LogP contribution in [0.1, 0.15) is 25.7 Å². The first kappa shape index (κ1) is 26.5. The van der Waals surface area contributed by atoms with E-state index in [2.05, 4.69) is 50.7 Å². The van der Waals surface area contributed by atoms with Crippen LogP contribution in [0, 0.1) is 11.4 Å². The van der Waals surface area contributed by atoms with Gasteiger partial charge in [0.05, 0.1) is 0 Å². The zero-order chi connectivity index (χ0) is 19.5. The summed E-state index contributed by atoms with van der Waals surface area (Å²) < 4.78 is 0. The van der Waals surface area contributed by atoms with Crippen molar-refractivity contribution in [3.05, 3.63) is 83.2 Å². The van der Waals surface area contributed by atoms with Crippen molar-refractivity contribution in [1.82, 2.24) is 0 Å². The molecule has 2 aromatic carbocycles. The molecule has 1 aliphatic carbocycles. The summed E-state index contributed by atoms with van der Waals surface area (Å²) in [6.07, 6.45) is 5.20. The molecule has 0 aliphatic heterocycles. The molecule has 0 aromatic heterocycles. The molecule has 0 spiro atoms. The van der Waals surface area contributed by atoms with E-state index in [0.29, 0.717) is 0 Å². The second-order valence-electron chi connectivity index (χ2n) is 8.84. The van der Waals surface area contributed by atoms with Gasteiger partial charge >= 0.3 is 26.2 Å². The number of hydrogen-bond acceptors (Lipinski definition) is 0. The van der Waals surface area contributed by atoms with Gasteiger partial charge in [0.15, 0.2) is 0 Å². The Morgan fingerprint density at radius 2 is 0.926 bits per heavy atom. The number of hydrogen-bond donors (Lipinski definition) is 0. The van der Waals surface area contributed by atoms with Crippen LogP contribution in [0.5, 0.6) is 0 Å².